The number of aliphatic imine (C=N–C) groups is 2. The largest absolute Gasteiger partial charge is 0.240 e. The second-order valence-electron chi connectivity index (χ2n) is 5.31. The fourth-order valence-electron chi connectivity index (χ4n) is 2.52. The molecule has 0 aliphatic heterocycles. The molecule has 4 heteroatoms. The first-order valence-corrected chi connectivity index (χ1v) is 6.86. The Balaban J connectivity index is 2.67. The molecule has 0 bridgehead atoms. The normalized spacial score (nSPS) is 9.82. The quantitative estimate of drug-likeness (QED) is 0.616. The number of nitrogens with zero attached hydrogens (tertiary/aromatic N) is 2. The maximum atomic E-state index is 10.5. The third kappa shape index (κ3) is 2.94. The van der Waals surface area contributed by atoms with Crippen molar-refractivity contribution >= 4 is 23.5 Å². The lowest BCUT2D eigenvalue weighted by molar-refractivity contribution is 0.564. The molecule has 22 heavy (non-hydrogen) atoms. The van der Waals surface area contributed by atoms with Gasteiger partial charge in [0.05, 0.1) is 11.4 Å². The van der Waals surface area contributed by atoms with Crippen LogP contribution < -0.4 is 0 Å². The van der Waals surface area contributed by atoms with E-state index in [0.29, 0.717) is 11.4 Å². The van der Waals surface area contributed by atoms with Gasteiger partial charge in [-0.3, -0.25) is 0 Å². The first kappa shape index (κ1) is 15.6. The molecule has 0 aromatic heterocycles. The van der Waals surface area contributed by atoms with Gasteiger partial charge in [-0.1, -0.05) is 0 Å². The van der Waals surface area contributed by atoms with E-state index >= 15 is 0 Å². The van der Waals surface area contributed by atoms with Crippen LogP contribution in [-0.2, 0) is 9.59 Å². The van der Waals surface area contributed by atoms with Gasteiger partial charge in [0, 0.05) is 0 Å². The minimum atomic E-state index is 0.632. The summed E-state index contributed by atoms with van der Waals surface area (Å²) in [6, 6.07) is 7.77. The third-order valence-electron chi connectivity index (χ3n) is 3.71. The molecule has 0 N–H and O–H groups in total. The van der Waals surface area contributed by atoms with Crippen molar-refractivity contribution in [3.05, 3.63) is 46.5 Å². The predicted octanol–water partition coefficient (Wildman–Crippen LogP) is 4.52. The summed E-state index contributed by atoms with van der Waals surface area (Å²) in [5.74, 6) is 0. The number of aryl methyl sites for hydroxylation is 4. The second-order valence-corrected chi connectivity index (χ2v) is 5.31. The maximum absolute atomic E-state index is 10.5. The molecule has 0 fully saturated rings. The third-order valence-corrected chi connectivity index (χ3v) is 3.71. The molecule has 110 valence electrons. The van der Waals surface area contributed by atoms with Crippen molar-refractivity contribution in [3.8, 4) is 11.1 Å². The molecule has 0 radical (unpaired) electrons. The molecule has 0 heterocycles. The molecule has 0 saturated heterocycles. The average Bonchev–Trinajstić information content (AvgIpc) is 2.47. The van der Waals surface area contributed by atoms with Crippen LogP contribution in [0.2, 0.25) is 0 Å². The SMILES string of the molecule is Cc1cc(-c2cc(C)c(N=C=O)cc2C)c(C)cc1N=C=O. The Morgan fingerprint density at radius 2 is 1.00 bits per heavy atom. The summed E-state index contributed by atoms with van der Waals surface area (Å²) >= 11 is 0. The molecule has 0 spiro atoms. The highest BCUT2D eigenvalue weighted by molar-refractivity contribution is 5.77. The van der Waals surface area contributed by atoms with Crippen molar-refractivity contribution in [2.75, 3.05) is 0 Å². The monoisotopic (exact) mass is 292 g/mol. The van der Waals surface area contributed by atoms with E-state index in [9.17, 15) is 9.59 Å². The van der Waals surface area contributed by atoms with Gasteiger partial charge in [0.1, 0.15) is 0 Å². The standard InChI is InChI=1S/C18H16N2O2/c1-11-7-17(19-9-21)13(3)5-15(11)16-6-14(4)18(20-10-22)8-12(16)2/h5-8H,1-4H3. The number of rotatable bonds is 3. The van der Waals surface area contributed by atoms with Crippen molar-refractivity contribution in [2.45, 2.75) is 27.7 Å². The van der Waals surface area contributed by atoms with Crippen LogP contribution in [0, 0.1) is 27.7 Å². The zero-order chi connectivity index (χ0) is 16.3. The lowest BCUT2D eigenvalue weighted by atomic mass is 9.92. The van der Waals surface area contributed by atoms with Gasteiger partial charge < -0.3 is 0 Å². The van der Waals surface area contributed by atoms with Crippen LogP contribution in [0.15, 0.2) is 34.3 Å². The van der Waals surface area contributed by atoms with E-state index in [0.717, 1.165) is 33.4 Å². The highest BCUT2D eigenvalue weighted by Crippen LogP contribution is 2.35. The van der Waals surface area contributed by atoms with Crippen LogP contribution in [0.3, 0.4) is 0 Å². The highest BCUT2D eigenvalue weighted by Gasteiger charge is 2.11. The zero-order valence-electron chi connectivity index (χ0n) is 13.0. The van der Waals surface area contributed by atoms with E-state index in [1.54, 1.807) is 12.2 Å². The van der Waals surface area contributed by atoms with Crippen LogP contribution in [-0.4, -0.2) is 12.2 Å². The van der Waals surface area contributed by atoms with Crippen LogP contribution >= 0.6 is 0 Å². The Morgan fingerprint density at radius 1 is 0.636 bits per heavy atom. The zero-order valence-corrected chi connectivity index (χ0v) is 13.0. The van der Waals surface area contributed by atoms with Gasteiger partial charge in [-0.25, -0.2) is 9.59 Å². The number of hydrogen-bond acceptors (Lipinski definition) is 4. The minimum Gasteiger partial charge on any atom is -0.211 e. The molecular weight excluding hydrogens is 276 g/mol. The van der Waals surface area contributed by atoms with Gasteiger partial charge in [0.25, 0.3) is 0 Å². The van der Waals surface area contributed by atoms with E-state index in [-0.39, 0.29) is 0 Å². The summed E-state index contributed by atoms with van der Waals surface area (Å²) < 4.78 is 0. The van der Waals surface area contributed by atoms with Crippen molar-refractivity contribution in [1.29, 1.82) is 0 Å². The summed E-state index contributed by atoms with van der Waals surface area (Å²) in [4.78, 5) is 28.3. The molecule has 0 atom stereocenters. The van der Waals surface area contributed by atoms with Crippen LogP contribution in [0.5, 0.6) is 0 Å². The Bertz CT molecular complexity index is 769. The van der Waals surface area contributed by atoms with Crippen molar-refractivity contribution in [3.63, 3.8) is 0 Å². The van der Waals surface area contributed by atoms with E-state index < -0.39 is 0 Å². The first-order chi connectivity index (χ1) is 10.5. The molecular formula is C18H16N2O2. The Hall–Kier alpha value is -2.80. The second kappa shape index (κ2) is 6.31. The summed E-state index contributed by atoms with van der Waals surface area (Å²) in [7, 11) is 0. The van der Waals surface area contributed by atoms with Crippen LogP contribution in [0.1, 0.15) is 22.3 Å². The number of benzene rings is 2. The molecule has 0 aliphatic rings. The van der Waals surface area contributed by atoms with Gasteiger partial charge >= 0.3 is 0 Å². The Kier molecular flexibility index (Phi) is 4.47. The molecule has 0 saturated carbocycles. The van der Waals surface area contributed by atoms with Gasteiger partial charge in [-0.2, -0.15) is 9.98 Å². The maximum Gasteiger partial charge on any atom is 0.240 e. The Morgan fingerprint density at radius 3 is 1.32 bits per heavy atom. The first-order valence-electron chi connectivity index (χ1n) is 6.86. The fourth-order valence-corrected chi connectivity index (χ4v) is 2.52. The van der Waals surface area contributed by atoms with E-state index in [2.05, 4.69) is 9.98 Å². The van der Waals surface area contributed by atoms with E-state index in [4.69, 9.17) is 0 Å². The van der Waals surface area contributed by atoms with Crippen LogP contribution in [0.25, 0.3) is 11.1 Å². The molecule has 2 rings (SSSR count). The van der Waals surface area contributed by atoms with Gasteiger partial charge in [0.2, 0.25) is 12.2 Å². The highest BCUT2D eigenvalue weighted by atomic mass is 16.1. The van der Waals surface area contributed by atoms with Crippen molar-refractivity contribution in [1.82, 2.24) is 0 Å². The smallest absolute Gasteiger partial charge is 0.211 e. The molecule has 0 unspecified atom stereocenters. The molecule has 2 aromatic carbocycles. The summed E-state index contributed by atoms with van der Waals surface area (Å²) in [5, 5.41) is 0. The van der Waals surface area contributed by atoms with E-state index in [1.807, 2.05) is 52.0 Å². The lowest BCUT2D eigenvalue weighted by Gasteiger charge is -2.14. The van der Waals surface area contributed by atoms with Gasteiger partial charge in [-0.15, -0.1) is 0 Å². The van der Waals surface area contributed by atoms with Crippen molar-refractivity contribution in [2.24, 2.45) is 9.98 Å². The topological polar surface area (TPSA) is 58.9 Å². The van der Waals surface area contributed by atoms with E-state index in [1.165, 1.54) is 0 Å². The summed E-state index contributed by atoms with van der Waals surface area (Å²) in [5.41, 5.74) is 7.28. The summed E-state index contributed by atoms with van der Waals surface area (Å²) in [6.07, 6.45) is 3.16. The average molecular weight is 292 g/mol. The number of carbonyl (C=O) groups excluding carboxylic acids is 2. The fraction of sp³-hybridized carbons (Fsp3) is 0.222. The van der Waals surface area contributed by atoms with Gasteiger partial charge in [-0.05, 0) is 85.3 Å². The van der Waals surface area contributed by atoms with Crippen LogP contribution in [0.4, 0.5) is 11.4 Å². The molecule has 4 nitrogen and oxygen atoms in total. The number of hydrogen-bond donors (Lipinski definition) is 0. The van der Waals surface area contributed by atoms with Gasteiger partial charge in [0.15, 0.2) is 0 Å². The summed E-state index contributed by atoms with van der Waals surface area (Å²) in [6.45, 7) is 7.77. The predicted molar refractivity (Wildman–Crippen MR) is 86.4 cm³/mol. The molecule has 0 amide bonds. The number of isocyanates is 2. The molecule has 2 aromatic rings. The lowest BCUT2D eigenvalue weighted by Crippen LogP contribution is -1.91. The minimum absolute atomic E-state index is 0.632. The van der Waals surface area contributed by atoms with Crippen molar-refractivity contribution < 1.29 is 9.59 Å². The Labute approximate surface area is 129 Å². The molecule has 0 aliphatic carbocycles.